The quantitative estimate of drug-likeness (QED) is 0.313. The number of halogens is 1. The zero-order chi connectivity index (χ0) is 20.6. The van der Waals surface area contributed by atoms with Crippen molar-refractivity contribution in [2.45, 2.75) is 6.61 Å². The first-order valence-corrected chi connectivity index (χ1v) is 9.80. The highest BCUT2D eigenvalue weighted by Gasteiger charge is 2.07. The van der Waals surface area contributed by atoms with Gasteiger partial charge >= 0.3 is 0 Å². The van der Waals surface area contributed by atoms with Gasteiger partial charge in [0.25, 0.3) is 0 Å². The summed E-state index contributed by atoms with van der Waals surface area (Å²) in [4.78, 5) is 12.3. The van der Waals surface area contributed by atoms with Crippen LogP contribution in [0.25, 0.3) is 6.08 Å². The van der Waals surface area contributed by atoms with Gasteiger partial charge in [0.15, 0.2) is 17.3 Å². The number of rotatable bonds is 8. The van der Waals surface area contributed by atoms with Gasteiger partial charge in [-0.3, -0.25) is 4.79 Å². The van der Waals surface area contributed by atoms with Crippen LogP contribution in [0.4, 0.5) is 0 Å². The fourth-order valence-electron chi connectivity index (χ4n) is 2.67. The maximum Gasteiger partial charge on any atom is 0.185 e. The molecule has 0 aliphatic rings. The van der Waals surface area contributed by atoms with E-state index in [-0.39, 0.29) is 5.78 Å². The van der Waals surface area contributed by atoms with Crippen LogP contribution in [0.5, 0.6) is 17.2 Å². The van der Waals surface area contributed by atoms with Crippen molar-refractivity contribution in [3.05, 3.63) is 94.0 Å². The van der Waals surface area contributed by atoms with E-state index < -0.39 is 0 Å². The summed E-state index contributed by atoms with van der Waals surface area (Å²) in [6.07, 6.45) is 3.30. The summed E-state index contributed by atoms with van der Waals surface area (Å²) in [5.41, 5.74) is 2.51. The van der Waals surface area contributed by atoms with Crippen molar-refractivity contribution < 1.29 is 19.0 Å². The van der Waals surface area contributed by atoms with Crippen LogP contribution in [-0.4, -0.2) is 20.0 Å². The highest BCUT2D eigenvalue weighted by molar-refractivity contribution is 9.10. The normalized spacial score (nSPS) is 10.7. The molecule has 5 heteroatoms. The molecule has 3 rings (SSSR count). The molecule has 0 heterocycles. The minimum Gasteiger partial charge on any atom is -0.497 e. The molecule has 0 aliphatic heterocycles. The van der Waals surface area contributed by atoms with Crippen LogP contribution in [-0.2, 0) is 6.61 Å². The summed E-state index contributed by atoms with van der Waals surface area (Å²) in [7, 11) is 3.19. The van der Waals surface area contributed by atoms with Gasteiger partial charge in [0.1, 0.15) is 12.4 Å². The van der Waals surface area contributed by atoms with Crippen molar-refractivity contribution in [2.24, 2.45) is 0 Å². The lowest BCUT2D eigenvalue weighted by atomic mass is 10.1. The Morgan fingerprint density at radius 3 is 2.28 bits per heavy atom. The average molecular weight is 453 g/mol. The molecule has 0 aliphatic carbocycles. The van der Waals surface area contributed by atoms with E-state index >= 15 is 0 Å². The number of benzene rings is 3. The van der Waals surface area contributed by atoms with Gasteiger partial charge in [-0.2, -0.15) is 0 Å². The summed E-state index contributed by atoms with van der Waals surface area (Å²) in [5, 5.41) is 0. The lowest BCUT2D eigenvalue weighted by Crippen LogP contribution is -1.98. The van der Waals surface area contributed by atoms with Crippen LogP contribution in [0.1, 0.15) is 21.5 Å². The summed E-state index contributed by atoms with van der Waals surface area (Å²) in [6, 6.07) is 20.5. The second kappa shape index (κ2) is 9.94. The molecule has 0 N–H and O–H groups in total. The van der Waals surface area contributed by atoms with Crippen LogP contribution in [0, 0.1) is 0 Å². The maximum absolute atomic E-state index is 12.3. The van der Waals surface area contributed by atoms with Crippen LogP contribution >= 0.6 is 15.9 Å². The van der Waals surface area contributed by atoms with Crippen LogP contribution in [0.3, 0.4) is 0 Å². The van der Waals surface area contributed by atoms with Gasteiger partial charge in [-0.05, 0) is 65.7 Å². The predicted molar refractivity (Wildman–Crippen MR) is 118 cm³/mol. The van der Waals surface area contributed by atoms with Crippen LogP contribution in [0.2, 0.25) is 0 Å². The maximum atomic E-state index is 12.3. The third kappa shape index (κ3) is 5.72. The van der Waals surface area contributed by atoms with Gasteiger partial charge < -0.3 is 14.2 Å². The molecule has 0 fully saturated rings. The van der Waals surface area contributed by atoms with Crippen LogP contribution < -0.4 is 14.2 Å². The molecule has 0 unspecified atom stereocenters. The number of carbonyl (C=O) groups excluding carboxylic acids is 1. The van der Waals surface area contributed by atoms with E-state index in [0.29, 0.717) is 29.4 Å². The van der Waals surface area contributed by atoms with Gasteiger partial charge in [-0.25, -0.2) is 0 Å². The third-order valence-corrected chi connectivity index (χ3v) is 4.83. The molecule has 4 nitrogen and oxygen atoms in total. The fraction of sp³-hybridized carbons (Fsp3) is 0.125. The Hall–Kier alpha value is -3.05. The first-order valence-electron chi connectivity index (χ1n) is 9.01. The van der Waals surface area contributed by atoms with Crippen molar-refractivity contribution in [3.8, 4) is 17.2 Å². The Balaban J connectivity index is 1.67. The molecule has 0 aromatic heterocycles. The standard InChI is InChI=1S/C24H21BrO4/c1-27-21-11-7-19(8-12-21)22(26)13-5-17-6-14-23(24(15-17)28-2)29-16-18-3-9-20(25)10-4-18/h3-15H,16H2,1-2H3/b13-5+. The van der Waals surface area contributed by atoms with E-state index in [4.69, 9.17) is 14.2 Å². The Morgan fingerprint density at radius 1 is 0.897 bits per heavy atom. The van der Waals surface area contributed by atoms with Crippen molar-refractivity contribution >= 4 is 27.8 Å². The number of hydrogen-bond donors (Lipinski definition) is 0. The van der Waals surface area contributed by atoms with Gasteiger partial charge in [0.2, 0.25) is 0 Å². The zero-order valence-corrected chi connectivity index (χ0v) is 17.8. The Labute approximate surface area is 178 Å². The minimum absolute atomic E-state index is 0.0813. The molecule has 0 saturated carbocycles. The molecule has 0 bridgehead atoms. The van der Waals surface area contributed by atoms with Crippen molar-refractivity contribution in [1.82, 2.24) is 0 Å². The van der Waals surface area contributed by atoms with Crippen molar-refractivity contribution in [2.75, 3.05) is 14.2 Å². The first-order chi connectivity index (χ1) is 14.1. The first kappa shape index (κ1) is 20.7. The molecule has 29 heavy (non-hydrogen) atoms. The predicted octanol–water partition coefficient (Wildman–Crippen LogP) is 5.94. The Kier molecular flexibility index (Phi) is 7.09. The number of ketones is 1. The molecule has 3 aromatic carbocycles. The molecule has 0 atom stereocenters. The smallest absolute Gasteiger partial charge is 0.185 e. The largest absolute Gasteiger partial charge is 0.497 e. The van der Waals surface area contributed by atoms with Gasteiger partial charge in [0, 0.05) is 10.0 Å². The highest BCUT2D eigenvalue weighted by Crippen LogP contribution is 2.29. The molecular weight excluding hydrogens is 432 g/mol. The summed E-state index contributed by atoms with van der Waals surface area (Å²) < 4.78 is 17.5. The monoisotopic (exact) mass is 452 g/mol. The second-order valence-electron chi connectivity index (χ2n) is 6.25. The molecule has 0 saturated heterocycles. The molecule has 148 valence electrons. The van der Waals surface area contributed by atoms with Crippen LogP contribution in [0.15, 0.2) is 77.3 Å². The summed E-state index contributed by atoms with van der Waals surface area (Å²) >= 11 is 3.42. The number of carbonyl (C=O) groups is 1. The topological polar surface area (TPSA) is 44.8 Å². The lowest BCUT2D eigenvalue weighted by molar-refractivity contribution is 0.104. The zero-order valence-electron chi connectivity index (χ0n) is 16.2. The van der Waals surface area contributed by atoms with Gasteiger partial charge in [0.05, 0.1) is 14.2 Å². The number of allylic oxidation sites excluding steroid dienone is 1. The van der Waals surface area contributed by atoms with E-state index in [1.54, 1.807) is 50.6 Å². The molecule has 0 spiro atoms. The molecule has 0 radical (unpaired) electrons. The summed E-state index contributed by atoms with van der Waals surface area (Å²) in [6.45, 7) is 0.439. The highest BCUT2D eigenvalue weighted by atomic mass is 79.9. The molecule has 0 amide bonds. The Bertz CT molecular complexity index is 992. The SMILES string of the molecule is COc1ccc(C(=O)/C=C/c2ccc(OCc3ccc(Br)cc3)c(OC)c2)cc1. The average Bonchev–Trinajstić information content (AvgIpc) is 2.77. The molecule has 3 aromatic rings. The lowest BCUT2D eigenvalue weighted by Gasteiger charge is -2.11. The second-order valence-corrected chi connectivity index (χ2v) is 7.17. The van der Waals surface area contributed by atoms with E-state index in [9.17, 15) is 4.79 Å². The molecular formula is C24H21BrO4. The van der Waals surface area contributed by atoms with E-state index in [2.05, 4.69) is 15.9 Å². The van der Waals surface area contributed by atoms with Gasteiger partial charge in [-0.15, -0.1) is 0 Å². The summed E-state index contributed by atoms with van der Waals surface area (Å²) in [5.74, 6) is 1.89. The number of ether oxygens (including phenoxy) is 3. The van der Waals surface area contributed by atoms with E-state index in [0.717, 1.165) is 15.6 Å². The van der Waals surface area contributed by atoms with Crippen molar-refractivity contribution in [3.63, 3.8) is 0 Å². The van der Waals surface area contributed by atoms with Gasteiger partial charge in [-0.1, -0.05) is 40.2 Å². The third-order valence-electron chi connectivity index (χ3n) is 4.30. The van der Waals surface area contributed by atoms with Crippen molar-refractivity contribution in [1.29, 1.82) is 0 Å². The number of hydrogen-bond acceptors (Lipinski definition) is 4. The van der Waals surface area contributed by atoms with E-state index in [1.807, 2.05) is 42.5 Å². The minimum atomic E-state index is -0.0813. The fourth-order valence-corrected chi connectivity index (χ4v) is 2.94. The Morgan fingerprint density at radius 2 is 1.62 bits per heavy atom. The number of methoxy groups -OCH3 is 2. The van der Waals surface area contributed by atoms with E-state index in [1.165, 1.54) is 0 Å².